The largest absolute Gasteiger partial charge is 0.480 e. The number of aliphatic carboxylic acids is 1. The number of carboxylic acid groups (broad SMARTS) is 1. The van der Waals surface area contributed by atoms with Gasteiger partial charge in [0.2, 0.25) is 53.2 Å². The molecule has 1 aromatic carbocycles. The number of thioether (sulfide) groups is 1. The lowest BCUT2D eigenvalue weighted by molar-refractivity contribution is -0.138. The number of aromatic nitrogens is 1. The number of carbonyl (C=O) groups excluding carboxylic acids is 9. The van der Waals surface area contributed by atoms with Crippen LogP contribution in [0, 0.1) is 17.8 Å². The third kappa shape index (κ3) is 25.2. The van der Waals surface area contributed by atoms with Gasteiger partial charge in [-0.3, -0.25) is 47.9 Å². The Balaban J connectivity index is 2.40. The summed E-state index contributed by atoms with van der Waals surface area (Å²) in [6.07, 6.45) is 8.05. The first-order chi connectivity index (χ1) is 39.5. The molecule has 1 aromatic heterocycles. The molecular formula is C56H96N14O12S. The third-order valence-electron chi connectivity index (χ3n) is 14.5. The van der Waals surface area contributed by atoms with Gasteiger partial charge in [0.1, 0.15) is 54.9 Å². The number of para-hydroxylation sites is 1. The second kappa shape index (κ2) is 39.2. The van der Waals surface area contributed by atoms with Gasteiger partial charge in [-0.25, -0.2) is 0 Å². The summed E-state index contributed by atoms with van der Waals surface area (Å²) >= 11 is 1.41. The van der Waals surface area contributed by atoms with Crippen LogP contribution < -0.4 is 70.8 Å². The highest BCUT2D eigenvalue weighted by molar-refractivity contribution is 7.98. The zero-order valence-electron chi connectivity index (χ0n) is 49.4. The molecule has 468 valence electrons. The molecule has 0 fully saturated rings. The first-order valence-corrected chi connectivity index (χ1v) is 30.3. The summed E-state index contributed by atoms with van der Waals surface area (Å²) in [5.41, 5.74) is 24.5. The molecular weight excluding hydrogens is 1090 g/mol. The molecule has 0 aliphatic rings. The molecule has 0 saturated heterocycles. The van der Waals surface area contributed by atoms with Gasteiger partial charge in [-0.15, -0.1) is 0 Å². The van der Waals surface area contributed by atoms with Gasteiger partial charge in [-0.1, -0.05) is 79.0 Å². The highest BCUT2D eigenvalue weighted by Gasteiger charge is 2.37. The van der Waals surface area contributed by atoms with Gasteiger partial charge >= 0.3 is 5.97 Å². The van der Waals surface area contributed by atoms with E-state index >= 15 is 0 Å². The topological polar surface area (TPSA) is 439 Å². The molecule has 0 aliphatic heterocycles. The quantitative estimate of drug-likeness (QED) is 0.0355. The monoisotopic (exact) mass is 1190 g/mol. The number of hydrogen-bond acceptors (Lipinski definition) is 16. The number of fused-ring (bicyclic) bond motifs is 1. The van der Waals surface area contributed by atoms with E-state index in [0.717, 1.165) is 10.9 Å². The Morgan fingerprint density at radius 2 is 0.976 bits per heavy atom. The number of nitrogens with one attached hydrogen (secondary N) is 10. The number of unbranched alkanes of at least 4 members (excludes halogenated alkanes) is 3. The Labute approximate surface area is 491 Å². The number of carboxylic acids is 1. The SMILES string of the molecule is CC[C@@H](C)[C@@H](NC(=O)[C@H](N)CCCCN)C(=O)N[C@H](CCCCN)C(=O)N[C@H](CCSC)C(=O)N[C@@H](C(=O)N[C@@H](C(=O)N[C@H](CO)C(=O)N[C@H](Cc1c[nH]c2ccccc12)C(=O)N[C@H](CCCCN)C(=O)NCC(=O)O)[C@H](C)CC)C(C)C. The first-order valence-electron chi connectivity index (χ1n) is 28.9. The van der Waals surface area contributed by atoms with E-state index in [4.69, 9.17) is 22.9 Å². The van der Waals surface area contributed by atoms with Crippen LogP contribution in [0.5, 0.6) is 0 Å². The van der Waals surface area contributed by atoms with E-state index in [9.17, 15) is 58.2 Å². The number of aliphatic hydroxyl groups excluding tert-OH is 1. The summed E-state index contributed by atoms with van der Waals surface area (Å²) in [5, 5.41) is 44.4. The van der Waals surface area contributed by atoms with Gasteiger partial charge in [0.25, 0.3) is 0 Å². The number of nitrogens with two attached hydrogens (primary N) is 4. The van der Waals surface area contributed by atoms with Crippen molar-refractivity contribution in [3.63, 3.8) is 0 Å². The van der Waals surface area contributed by atoms with E-state index in [1.54, 1.807) is 59.0 Å². The smallest absolute Gasteiger partial charge is 0.322 e. The molecule has 2 aromatic rings. The summed E-state index contributed by atoms with van der Waals surface area (Å²) in [4.78, 5) is 140. The Morgan fingerprint density at radius 3 is 1.49 bits per heavy atom. The van der Waals surface area contributed by atoms with Crippen LogP contribution in [-0.2, 0) is 54.4 Å². The maximum Gasteiger partial charge on any atom is 0.322 e. The Hall–Kier alpha value is -6.39. The van der Waals surface area contributed by atoms with Crippen molar-refractivity contribution >= 4 is 81.8 Å². The lowest BCUT2D eigenvalue weighted by atomic mass is 9.96. The van der Waals surface area contributed by atoms with Crippen LogP contribution in [0.3, 0.4) is 0 Å². The van der Waals surface area contributed by atoms with Crippen molar-refractivity contribution in [1.29, 1.82) is 0 Å². The minimum Gasteiger partial charge on any atom is -0.480 e. The molecule has 0 spiro atoms. The number of aliphatic hydroxyl groups is 1. The minimum atomic E-state index is -1.68. The molecule has 11 atom stereocenters. The number of benzene rings is 1. The minimum absolute atomic E-state index is 0.0883. The van der Waals surface area contributed by atoms with E-state index < -0.39 is 138 Å². The zero-order valence-corrected chi connectivity index (χ0v) is 50.3. The predicted molar refractivity (Wildman–Crippen MR) is 319 cm³/mol. The highest BCUT2D eigenvalue weighted by Crippen LogP contribution is 2.20. The van der Waals surface area contributed by atoms with Crippen LogP contribution in [0.4, 0.5) is 0 Å². The van der Waals surface area contributed by atoms with Crippen molar-refractivity contribution in [3.05, 3.63) is 36.0 Å². The number of H-pyrrole nitrogens is 1. The highest BCUT2D eigenvalue weighted by atomic mass is 32.2. The van der Waals surface area contributed by atoms with Gasteiger partial charge in [0.05, 0.1) is 12.6 Å². The average Bonchev–Trinajstić information content (AvgIpc) is 4.00. The normalized spacial score (nSPS) is 15.3. The maximum atomic E-state index is 14.3. The molecule has 0 unspecified atom stereocenters. The van der Waals surface area contributed by atoms with Crippen LogP contribution in [-0.4, -0.2) is 174 Å². The van der Waals surface area contributed by atoms with Crippen LogP contribution in [0.25, 0.3) is 10.9 Å². The average molecular weight is 1190 g/mol. The van der Waals surface area contributed by atoms with Gasteiger partial charge in [-0.05, 0) is 119 Å². The number of rotatable bonds is 42. The Bertz CT molecular complexity index is 2400. The maximum absolute atomic E-state index is 14.3. The first kappa shape index (κ1) is 72.7. The Kier molecular flexibility index (Phi) is 34.3. The molecule has 26 nitrogen and oxygen atoms in total. The van der Waals surface area contributed by atoms with E-state index in [2.05, 4.69) is 52.8 Å². The van der Waals surface area contributed by atoms with Crippen LogP contribution >= 0.6 is 11.8 Å². The summed E-state index contributed by atoms with van der Waals surface area (Å²) in [6, 6.07) is -3.99. The molecule has 1 heterocycles. The summed E-state index contributed by atoms with van der Waals surface area (Å²) in [5.74, 6) is -9.20. The molecule has 0 saturated carbocycles. The Morgan fingerprint density at radius 1 is 0.542 bits per heavy atom. The molecule has 0 radical (unpaired) electrons. The number of aromatic amines is 1. The lowest BCUT2D eigenvalue weighted by Gasteiger charge is -2.31. The third-order valence-corrected chi connectivity index (χ3v) is 15.1. The van der Waals surface area contributed by atoms with Gasteiger partial charge < -0.3 is 86.0 Å². The molecule has 9 amide bonds. The standard InChI is InChI=1S/C56H96N14O12S/c1-8-33(5)46(69-48(74)37(60)19-12-15-24-57)55(81)65-40(22-14-17-26-59)50(76)64-41(23-27-83-7)51(77)68-45(32(3)4)54(80)70-47(34(6)9-2)56(82)67-43(31-71)53(79)66-42(28-35-29-61-38-20-11-10-18-36(35)38)52(78)63-39(21-13-16-25-58)49(75)62-30-44(72)73/h10-11,18,20,29,32-34,37,39-43,45-47,61,71H,8-9,12-17,19,21-28,30-31,57-60H2,1-7H3,(H,62,75)(H,63,78)(H,64,76)(H,65,81)(H,66,79)(H,67,82)(H,68,77)(H,69,74)(H,70,80)(H,72,73)/t33-,34-,37-,39-,40-,41-,42-,43-,45-,46-,47-/m1/s1. The van der Waals surface area contributed by atoms with E-state index in [0.29, 0.717) is 88.7 Å². The van der Waals surface area contributed by atoms with E-state index in [1.165, 1.54) is 11.8 Å². The zero-order chi connectivity index (χ0) is 62.2. The van der Waals surface area contributed by atoms with Gasteiger partial charge in [-0.2, -0.15) is 11.8 Å². The molecule has 0 bridgehead atoms. The fourth-order valence-electron chi connectivity index (χ4n) is 8.91. The second-order valence-corrected chi connectivity index (χ2v) is 22.4. The fourth-order valence-corrected chi connectivity index (χ4v) is 9.38. The van der Waals surface area contributed by atoms with Crippen LogP contribution in [0.15, 0.2) is 30.5 Å². The fraction of sp³-hybridized carbons (Fsp3) is 0.679. The van der Waals surface area contributed by atoms with Crippen molar-refractivity contribution in [2.24, 2.45) is 40.7 Å². The van der Waals surface area contributed by atoms with Crippen molar-refractivity contribution in [2.45, 2.75) is 179 Å². The van der Waals surface area contributed by atoms with Crippen LogP contribution in [0.2, 0.25) is 0 Å². The van der Waals surface area contributed by atoms with Crippen molar-refractivity contribution in [1.82, 2.24) is 52.8 Å². The van der Waals surface area contributed by atoms with Crippen LogP contribution in [0.1, 0.15) is 124 Å². The van der Waals surface area contributed by atoms with Crippen molar-refractivity contribution in [2.75, 3.05) is 44.8 Å². The summed E-state index contributed by atoms with van der Waals surface area (Å²) in [6.45, 7) is 9.82. The number of carbonyl (C=O) groups is 10. The molecule has 27 heteroatoms. The number of amides is 9. The summed E-state index contributed by atoms with van der Waals surface area (Å²) < 4.78 is 0. The molecule has 0 aliphatic carbocycles. The van der Waals surface area contributed by atoms with E-state index in [1.807, 2.05) is 19.2 Å². The van der Waals surface area contributed by atoms with Gasteiger partial charge in [0.15, 0.2) is 0 Å². The van der Waals surface area contributed by atoms with Gasteiger partial charge in [0, 0.05) is 23.5 Å². The van der Waals surface area contributed by atoms with Crippen molar-refractivity contribution < 1.29 is 58.2 Å². The predicted octanol–water partition coefficient (Wildman–Crippen LogP) is -1.00. The van der Waals surface area contributed by atoms with E-state index in [-0.39, 0.29) is 31.6 Å². The summed E-state index contributed by atoms with van der Waals surface area (Å²) in [7, 11) is 0. The lowest BCUT2D eigenvalue weighted by Crippen LogP contribution is -2.62. The number of hydrogen-bond donors (Lipinski definition) is 16. The van der Waals surface area contributed by atoms with Crippen molar-refractivity contribution in [3.8, 4) is 0 Å². The molecule has 20 N–H and O–H groups in total. The molecule has 83 heavy (non-hydrogen) atoms. The second-order valence-electron chi connectivity index (χ2n) is 21.4. The molecule has 2 rings (SSSR count).